The van der Waals surface area contributed by atoms with Crippen molar-refractivity contribution in [3.8, 4) is 17.0 Å². The van der Waals surface area contributed by atoms with Crippen LogP contribution in [0.1, 0.15) is 72.8 Å². The lowest BCUT2D eigenvalue weighted by Crippen LogP contribution is -2.43. The number of anilines is 3. The third-order valence-corrected chi connectivity index (χ3v) is 8.15. The normalized spacial score (nSPS) is 17.9. The molecule has 14 heteroatoms. The van der Waals surface area contributed by atoms with Gasteiger partial charge in [0.25, 0.3) is 0 Å². The predicted molar refractivity (Wildman–Crippen MR) is 184 cm³/mol. The number of likely N-dealkylation sites (N-methyl/N-ethyl adjacent to an activating group) is 1. The van der Waals surface area contributed by atoms with Gasteiger partial charge in [-0.2, -0.15) is 0 Å². The number of halogens is 1. The molecule has 1 fully saturated rings. The molecule has 2 aromatic heterocycles. The molecule has 2 atom stereocenters. The van der Waals surface area contributed by atoms with E-state index >= 15 is 4.39 Å². The van der Waals surface area contributed by atoms with Crippen LogP contribution in [0.4, 0.5) is 36.0 Å². The molecule has 3 heterocycles. The second-order valence-corrected chi connectivity index (χ2v) is 14.2. The van der Waals surface area contributed by atoms with Gasteiger partial charge >= 0.3 is 18.3 Å². The van der Waals surface area contributed by atoms with E-state index in [1.807, 2.05) is 7.05 Å². The Morgan fingerprint density at radius 3 is 2.35 bits per heavy atom. The summed E-state index contributed by atoms with van der Waals surface area (Å²) in [5.41, 5.74) is -0.525. The number of ether oxygens (including phenoxy) is 4. The maximum absolute atomic E-state index is 16.7. The zero-order valence-electron chi connectivity index (χ0n) is 29.3. The van der Waals surface area contributed by atoms with E-state index in [0.29, 0.717) is 22.2 Å². The molecule has 49 heavy (non-hydrogen) atoms. The van der Waals surface area contributed by atoms with E-state index in [9.17, 15) is 14.4 Å². The van der Waals surface area contributed by atoms with Crippen molar-refractivity contribution in [2.75, 3.05) is 35.7 Å². The van der Waals surface area contributed by atoms with Crippen molar-refractivity contribution >= 4 is 46.2 Å². The third-order valence-electron chi connectivity index (χ3n) is 8.15. The highest BCUT2D eigenvalue weighted by Crippen LogP contribution is 2.42. The standard InChI is InChI=1S/C35H45FN6O7/c1-19-22(17-39-30-29(19)42(13-14-46-30)33(45)49-35(5,6)7)21-15-20-16-26(40-31(43)47-25-12-10-9-11-24(25)37-8)38-18-23(20)28(27(21)36)41-32(44)48-34(2,3)4/h15-18,24-25,37H,9-14H2,1-8H3,(H,41,44)(H,38,40,43)/t24-,25-/m1/s1. The van der Waals surface area contributed by atoms with Crippen LogP contribution < -0.4 is 25.6 Å². The minimum absolute atomic E-state index is 0.0567. The molecule has 1 aliphatic carbocycles. The molecule has 3 amide bonds. The van der Waals surface area contributed by atoms with Gasteiger partial charge < -0.3 is 24.3 Å². The van der Waals surface area contributed by atoms with E-state index in [0.717, 1.165) is 25.7 Å². The first-order valence-electron chi connectivity index (χ1n) is 16.4. The number of amides is 3. The second kappa shape index (κ2) is 14.0. The highest BCUT2D eigenvalue weighted by Gasteiger charge is 2.33. The van der Waals surface area contributed by atoms with E-state index in [4.69, 9.17) is 18.9 Å². The van der Waals surface area contributed by atoms with Gasteiger partial charge in [0.1, 0.15) is 35.4 Å². The van der Waals surface area contributed by atoms with Crippen LogP contribution >= 0.6 is 0 Å². The fourth-order valence-electron chi connectivity index (χ4n) is 6.01. The summed E-state index contributed by atoms with van der Waals surface area (Å²) in [6.07, 6.45) is 4.08. The molecule has 2 aliphatic rings. The predicted octanol–water partition coefficient (Wildman–Crippen LogP) is 7.30. The summed E-state index contributed by atoms with van der Waals surface area (Å²) in [5.74, 6) is -0.403. The summed E-state index contributed by atoms with van der Waals surface area (Å²) in [7, 11) is 1.84. The number of carbonyl (C=O) groups is 3. The number of benzene rings is 1. The summed E-state index contributed by atoms with van der Waals surface area (Å²) in [5, 5.41) is 9.15. The summed E-state index contributed by atoms with van der Waals surface area (Å²) < 4.78 is 39.2. The zero-order valence-corrected chi connectivity index (χ0v) is 29.3. The Kier molecular flexibility index (Phi) is 10.2. The largest absolute Gasteiger partial charge is 0.474 e. The molecule has 0 unspecified atom stereocenters. The van der Waals surface area contributed by atoms with Crippen molar-refractivity contribution in [2.45, 2.75) is 97.5 Å². The SMILES string of the molecule is CN[C@@H]1CCCC[C@H]1OC(=O)Nc1cc2cc(-c3cnc4c(c3C)N(C(=O)OC(C)(C)C)CCO4)c(F)c(NC(=O)OC(C)(C)C)c2cn1. The van der Waals surface area contributed by atoms with Crippen LogP contribution in [-0.2, 0) is 14.2 Å². The lowest BCUT2D eigenvalue weighted by atomic mass is 9.92. The van der Waals surface area contributed by atoms with Gasteiger partial charge in [-0.1, -0.05) is 6.42 Å². The van der Waals surface area contributed by atoms with Gasteiger partial charge in [-0.25, -0.2) is 28.7 Å². The first-order valence-corrected chi connectivity index (χ1v) is 16.4. The fraction of sp³-hybridized carbons (Fsp3) is 0.514. The molecule has 0 spiro atoms. The van der Waals surface area contributed by atoms with Crippen LogP contribution in [-0.4, -0.2) is 71.8 Å². The fourth-order valence-corrected chi connectivity index (χ4v) is 6.01. The summed E-state index contributed by atoms with van der Waals surface area (Å²) >= 11 is 0. The molecule has 264 valence electrons. The quantitative estimate of drug-likeness (QED) is 0.234. The van der Waals surface area contributed by atoms with Crippen molar-refractivity contribution < 1.29 is 37.7 Å². The molecule has 1 saturated carbocycles. The van der Waals surface area contributed by atoms with Crippen molar-refractivity contribution in [2.24, 2.45) is 0 Å². The molecule has 0 bridgehead atoms. The third kappa shape index (κ3) is 8.30. The van der Waals surface area contributed by atoms with Crippen LogP contribution in [0.3, 0.4) is 0 Å². The smallest absolute Gasteiger partial charge is 0.415 e. The highest BCUT2D eigenvalue weighted by atomic mass is 19.1. The van der Waals surface area contributed by atoms with Crippen LogP contribution in [0.5, 0.6) is 5.88 Å². The van der Waals surface area contributed by atoms with Gasteiger partial charge in [-0.05, 0) is 97.9 Å². The molecule has 0 saturated heterocycles. The molecule has 5 rings (SSSR count). The average molecular weight is 681 g/mol. The summed E-state index contributed by atoms with van der Waals surface area (Å²) in [6.45, 7) is 12.5. The number of hydrogen-bond acceptors (Lipinski definition) is 10. The average Bonchev–Trinajstić information content (AvgIpc) is 3.01. The van der Waals surface area contributed by atoms with Crippen molar-refractivity contribution in [3.63, 3.8) is 0 Å². The van der Waals surface area contributed by atoms with E-state index in [1.165, 1.54) is 17.3 Å². The van der Waals surface area contributed by atoms with Gasteiger partial charge in [0.2, 0.25) is 5.88 Å². The van der Waals surface area contributed by atoms with E-state index in [1.54, 1.807) is 60.6 Å². The van der Waals surface area contributed by atoms with Crippen molar-refractivity contribution in [3.05, 3.63) is 35.9 Å². The number of rotatable bonds is 5. The molecule has 3 aromatic rings. The second-order valence-electron chi connectivity index (χ2n) is 14.2. The molecule has 1 aliphatic heterocycles. The van der Waals surface area contributed by atoms with Crippen molar-refractivity contribution in [1.82, 2.24) is 15.3 Å². The van der Waals surface area contributed by atoms with E-state index < -0.39 is 35.3 Å². The lowest BCUT2D eigenvalue weighted by Gasteiger charge is -2.32. The summed E-state index contributed by atoms with van der Waals surface area (Å²) in [6, 6.07) is 3.19. The molecule has 3 N–H and O–H groups in total. The minimum atomic E-state index is -0.869. The lowest BCUT2D eigenvalue weighted by molar-refractivity contribution is 0.0564. The van der Waals surface area contributed by atoms with Gasteiger partial charge in [-0.3, -0.25) is 15.5 Å². The Morgan fingerprint density at radius 1 is 0.939 bits per heavy atom. The molecule has 1 aromatic carbocycles. The number of carbonyl (C=O) groups excluding carboxylic acids is 3. The minimum Gasteiger partial charge on any atom is -0.474 e. The number of pyridine rings is 2. The Balaban J connectivity index is 1.57. The van der Waals surface area contributed by atoms with Crippen LogP contribution in [0.2, 0.25) is 0 Å². The highest BCUT2D eigenvalue weighted by molar-refractivity contribution is 6.05. The molecule has 13 nitrogen and oxygen atoms in total. The first kappa shape index (κ1) is 35.6. The molecular formula is C35H45FN6O7. The Hall–Kier alpha value is -4.72. The number of aromatic nitrogens is 2. The topological polar surface area (TPSA) is 153 Å². The maximum atomic E-state index is 16.7. The van der Waals surface area contributed by atoms with Gasteiger partial charge in [0.05, 0.1) is 12.2 Å². The van der Waals surface area contributed by atoms with Crippen LogP contribution in [0, 0.1) is 12.7 Å². The Bertz CT molecular complexity index is 1750. The van der Waals surface area contributed by atoms with Crippen LogP contribution in [0.15, 0.2) is 24.5 Å². The first-order chi connectivity index (χ1) is 23.0. The number of nitrogens with zero attached hydrogens (tertiary/aromatic N) is 3. The zero-order chi connectivity index (χ0) is 35.7. The summed E-state index contributed by atoms with van der Waals surface area (Å²) in [4.78, 5) is 49.3. The Labute approximate surface area is 285 Å². The number of nitrogens with one attached hydrogen (secondary N) is 3. The molecule has 0 radical (unpaired) electrons. The monoisotopic (exact) mass is 680 g/mol. The van der Waals surface area contributed by atoms with Crippen molar-refractivity contribution in [1.29, 1.82) is 0 Å². The van der Waals surface area contributed by atoms with Gasteiger partial charge in [0, 0.05) is 34.9 Å². The van der Waals surface area contributed by atoms with E-state index in [2.05, 4.69) is 25.9 Å². The number of hydrogen-bond donors (Lipinski definition) is 3. The van der Waals surface area contributed by atoms with Gasteiger partial charge in [-0.15, -0.1) is 0 Å². The van der Waals surface area contributed by atoms with Gasteiger partial charge in [0.15, 0.2) is 5.82 Å². The molecular weight excluding hydrogens is 635 g/mol. The number of fused-ring (bicyclic) bond motifs is 2. The van der Waals surface area contributed by atoms with E-state index in [-0.39, 0.29) is 53.6 Å². The maximum Gasteiger partial charge on any atom is 0.415 e. The van der Waals surface area contributed by atoms with Crippen LogP contribution in [0.25, 0.3) is 21.9 Å². The Morgan fingerprint density at radius 2 is 1.65 bits per heavy atom.